The Bertz CT molecular complexity index is 606. The molecule has 132 valence electrons. The molecule has 3 nitrogen and oxygen atoms in total. The molecule has 0 unspecified atom stereocenters. The van der Waals surface area contributed by atoms with Gasteiger partial charge in [0.15, 0.2) is 5.78 Å². The van der Waals surface area contributed by atoms with Crippen LogP contribution in [-0.4, -0.2) is 17.9 Å². The summed E-state index contributed by atoms with van der Waals surface area (Å²) in [6.07, 6.45) is 10.8. The third kappa shape index (κ3) is 2.23. The number of carbonyl (C=O) groups is 2. The van der Waals surface area contributed by atoms with Crippen LogP contribution in [0.2, 0.25) is 0 Å². The third-order valence-electron chi connectivity index (χ3n) is 8.18. The first kappa shape index (κ1) is 16.4. The van der Waals surface area contributed by atoms with Crippen LogP contribution in [0.5, 0.6) is 0 Å². The highest BCUT2D eigenvalue weighted by molar-refractivity contribution is 5.91. The normalized spacial score (nSPS) is 47.3. The topological polar surface area (TPSA) is 43.4 Å². The van der Waals surface area contributed by atoms with Crippen LogP contribution in [0.25, 0.3) is 0 Å². The fourth-order valence-electron chi connectivity index (χ4n) is 6.91. The molecule has 0 heterocycles. The number of allylic oxidation sites excluding steroid dienone is 1. The van der Waals surface area contributed by atoms with Gasteiger partial charge in [-0.15, -0.1) is 0 Å². The van der Waals surface area contributed by atoms with Crippen molar-refractivity contribution >= 4 is 11.8 Å². The average Bonchev–Trinajstić information content (AvgIpc) is 2.84. The monoisotopic (exact) mass is 330 g/mol. The van der Waals surface area contributed by atoms with Crippen LogP contribution < -0.4 is 0 Å². The SMILES string of the molecule is CC(=O)O[C@H]1CC[C@@H]2[C@H]3CCC4=CC(=O)CC[C@@]4(C)[C@@H]3CC[C@@]12C. The highest BCUT2D eigenvalue weighted by Gasteiger charge is 2.59. The van der Waals surface area contributed by atoms with E-state index in [2.05, 4.69) is 13.8 Å². The lowest BCUT2D eigenvalue weighted by Crippen LogP contribution is -2.51. The van der Waals surface area contributed by atoms with Crippen molar-refractivity contribution in [1.82, 2.24) is 0 Å². The fraction of sp³-hybridized carbons (Fsp3) is 0.810. The minimum atomic E-state index is -0.129. The number of hydrogen-bond donors (Lipinski definition) is 0. The first-order chi connectivity index (χ1) is 11.3. The number of ether oxygens (including phenoxy) is 1. The maximum Gasteiger partial charge on any atom is 0.302 e. The van der Waals surface area contributed by atoms with Crippen molar-refractivity contribution in [2.45, 2.75) is 78.2 Å². The van der Waals surface area contributed by atoms with E-state index < -0.39 is 0 Å². The van der Waals surface area contributed by atoms with Crippen molar-refractivity contribution in [3.8, 4) is 0 Å². The van der Waals surface area contributed by atoms with Crippen molar-refractivity contribution < 1.29 is 14.3 Å². The molecule has 0 aromatic carbocycles. The van der Waals surface area contributed by atoms with Gasteiger partial charge in [0.25, 0.3) is 0 Å². The minimum absolute atomic E-state index is 0.110. The summed E-state index contributed by atoms with van der Waals surface area (Å²) in [4.78, 5) is 23.4. The molecule has 3 saturated carbocycles. The van der Waals surface area contributed by atoms with E-state index in [1.165, 1.54) is 24.8 Å². The molecule has 0 radical (unpaired) electrons. The van der Waals surface area contributed by atoms with E-state index in [-0.39, 0.29) is 22.9 Å². The molecule has 3 heteroatoms. The van der Waals surface area contributed by atoms with Crippen molar-refractivity contribution in [2.75, 3.05) is 0 Å². The van der Waals surface area contributed by atoms with Gasteiger partial charge in [0, 0.05) is 18.8 Å². The molecule has 0 aromatic rings. The predicted octanol–water partition coefficient (Wildman–Crippen LogP) is 4.45. The molecule has 0 N–H and O–H groups in total. The largest absolute Gasteiger partial charge is 0.462 e. The second kappa shape index (κ2) is 5.44. The number of fused-ring (bicyclic) bond motifs is 5. The molecular formula is C21H30O3. The van der Waals surface area contributed by atoms with Crippen LogP contribution in [0.4, 0.5) is 0 Å². The standard InChI is InChI=1S/C21H30O3/c1-13(22)24-19-7-6-17-16-5-4-14-12-15(23)8-10-20(14,2)18(16)9-11-21(17,19)3/h12,16-19H,4-11H2,1-3H3/t16-,17-,18-,19+,20-,21-/m1/s1. The summed E-state index contributed by atoms with van der Waals surface area (Å²) >= 11 is 0. The maximum atomic E-state index is 11.9. The number of esters is 1. The van der Waals surface area contributed by atoms with E-state index in [0.29, 0.717) is 17.6 Å². The summed E-state index contributed by atoms with van der Waals surface area (Å²) in [5.74, 6) is 2.32. The predicted molar refractivity (Wildman–Crippen MR) is 92.3 cm³/mol. The highest BCUT2D eigenvalue weighted by atomic mass is 16.5. The molecule has 4 aliphatic carbocycles. The van der Waals surface area contributed by atoms with Gasteiger partial charge < -0.3 is 4.74 Å². The number of hydrogen-bond acceptors (Lipinski definition) is 3. The van der Waals surface area contributed by atoms with Crippen LogP contribution in [0.15, 0.2) is 11.6 Å². The van der Waals surface area contributed by atoms with Gasteiger partial charge in [-0.1, -0.05) is 19.4 Å². The van der Waals surface area contributed by atoms with Crippen LogP contribution in [0.1, 0.15) is 72.1 Å². The Labute approximate surface area is 145 Å². The molecular weight excluding hydrogens is 300 g/mol. The van der Waals surface area contributed by atoms with Gasteiger partial charge >= 0.3 is 5.97 Å². The molecule has 4 aliphatic rings. The average molecular weight is 330 g/mol. The smallest absolute Gasteiger partial charge is 0.302 e. The Morgan fingerprint density at radius 2 is 1.88 bits per heavy atom. The van der Waals surface area contributed by atoms with E-state index in [9.17, 15) is 9.59 Å². The van der Waals surface area contributed by atoms with E-state index >= 15 is 0 Å². The molecule has 6 atom stereocenters. The molecule has 0 saturated heterocycles. The van der Waals surface area contributed by atoms with Crippen LogP contribution in [0.3, 0.4) is 0 Å². The second-order valence-corrected chi connectivity index (χ2v) is 9.19. The molecule has 24 heavy (non-hydrogen) atoms. The van der Waals surface area contributed by atoms with Gasteiger partial charge in [-0.25, -0.2) is 0 Å². The summed E-state index contributed by atoms with van der Waals surface area (Å²) in [5, 5.41) is 0. The summed E-state index contributed by atoms with van der Waals surface area (Å²) in [7, 11) is 0. The minimum Gasteiger partial charge on any atom is -0.462 e. The first-order valence-electron chi connectivity index (χ1n) is 9.76. The summed E-state index contributed by atoms with van der Waals surface area (Å²) in [6, 6.07) is 0. The van der Waals surface area contributed by atoms with Gasteiger partial charge in [-0.2, -0.15) is 0 Å². The van der Waals surface area contributed by atoms with Gasteiger partial charge in [0.1, 0.15) is 6.10 Å². The maximum absolute atomic E-state index is 11.9. The molecule has 0 bridgehead atoms. The molecule has 4 rings (SSSR count). The van der Waals surface area contributed by atoms with Crippen LogP contribution in [-0.2, 0) is 14.3 Å². The van der Waals surface area contributed by atoms with Crippen LogP contribution in [0, 0.1) is 28.6 Å². The zero-order valence-electron chi connectivity index (χ0n) is 15.3. The third-order valence-corrected chi connectivity index (χ3v) is 8.18. The molecule has 0 spiro atoms. The number of ketones is 1. The Hall–Kier alpha value is -1.12. The van der Waals surface area contributed by atoms with Crippen molar-refractivity contribution in [1.29, 1.82) is 0 Å². The summed E-state index contributed by atoms with van der Waals surface area (Å²) in [6.45, 7) is 6.33. The van der Waals surface area contributed by atoms with E-state index in [4.69, 9.17) is 4.74 Å². The molecule has 3 fully saturated rings. The lowest BCUT2D eigenvalue weighted by Gasteiger charge is -2.57. The Morgan fingerprint density at radius 3 is 2.62 bits per heavy atom. The van der Waals surface area contributed by atoms with Crippen molar-refractivity contribution in [3.05, 3.63) is 11.6 Å². The number of carbonyl (C=O) groups excluding carboxylic acids is 2. The lowest BCUT2D eigenvalue weighted by atomic mass is 9.47. The van der Waals surface area contributed by atoms with Gasteiger partial charge in [-0.05, 0) is 74.2 Å². The Morgan fingerprint density at radius 1 is 1.08 bits per heavy atom. The zero-order valence-corrected chi connectivity index (χ0v) is 15.3. The lowest BCUT2D eigenvalue weighted by molar-refractivity contribution is -0.157. The van der Waals surface area contributed by atoms with Crippen LogP contribution >= 0.6 is 0 Å². The van der Waals surface area contributed by atoms with Crippen molar-refractivity contribution in [3.63, 3.8) is 0 Å². The summed E-state index contributed by atoms with van der Waals surface area (Å²) in [5.41, 5.74) is 1.82. The first-order valence-corrected chi connectivity index (χ1v) is 9.76. The highest BCUT2D eigenvalue weighted by Crippen LogP contribution is 2.65. The Balaban J connectivity index is 1.62. The second-order valence-electron chi connectivity index (χ2n) is 9.19. The van der Waals surface area contributed by atoms with E-state index in [1.807, 2.05) is 6.08 Å². The van der Waals surface area contributed by atoms with Gasteiger partial charge in [0.2, 0.25) is 0 Å². The summed E-state index contributed by atoms with van der Waals surface area (Å²) < 4.78 is 5.71. The van der Waals surface area contributed by atoms with Gasteiger partial charge in [-0.3, -0.25) is 9.59 Å². The zero-order chi connectivity index (χ0) is 17.1. The number of rotatable bonds is 1. The quantitative estimate of drug-likeness (QED) is 0.667. The molecule has 0 aromatic heterocycles. The van der Waals surface area contributed by atoms with E-state index in [1.54, 1.807) is 6.92 Å². The van der Waals surface area contributed by atoms with E-state index in [0.717, 1.165) is 38.0 Å². The Kier molecular flexibility index (Phi) is 3.71. The van der Waals surface area contributed by atoms with Gasteiger partial charge in [0.05, 0.1) is 0 Å². The molecule has 0 aliphatic heterocycles. The van der Waals surface area contributed by atoms with Crippen molar-refractivity contribution in [2.24, 2.45) is 28.6 Å². The fourth-order valence-corrected chi connectivity index (χ4v) is 6.91. The molecule has 0 amide bonds.